The van der Waals surface area contributed by atoms with Crippen molar-refractivity contribution in [3.05, 3.63) is 0 Å². The molecule has 1 unspecified atom stereocenters. The molecule has 0 aromatic carbocycles. The quantitative estimate of drug-likeness (QED) is 0.0251. The topological polar surface area (TPSA) is 655 Å². The van der Waals surface area contributed by atoms with Crippen molar-refractivity contribution in [3.63, 3.8) is 0 Å². The van der Waals surface area contributed by atoms with E-state index in [1.165, 1.54) is 30.6 Å². The van der Waals surface area contributed by atoms with Gasteiger partial charge in [-0.05, 0) is 85.0 Å². The van der Waals surface area contributed by atoms with Crippen LogP contribution in [-0.2, 0) is 85.8 Å². The number of nitrogens with one attached hydrogen (secondary N) is 10. The monoisotopic (exact) mass is 1630 g/mol. The zero-order valence-corrected chi connectivity index (χ0v) is 64.4. The number of carboxylic acid groups (broad SMARTS) is 1. The van der Waals surface area contributed by atoms with Crippen LogP contribution in [0.4, 0.5) is 0 Å². The highest BCUT2D eigenvalue weighted by atomic mass is 16.7. The first kappa shape index (κ1) is 99.1. The van der Waals surface area contributed by atoms with E-state index in [1.807, 2.05) is 0 Å². The first-order valence-corrected chi connectivity index (χ1v) is 38.5. The Morgan fingerprint density at radius 3 is 1.03 bits per heavy atom. The van der Waals surface area contributed by atoms with Crippen LogP contribution in [0.15, 0.2) is 0 Å². The van der Waals surface area contributed by atoms with Gasteiger partial charge in [-0.25, -0.2) is 0 Å². The van der Waals surface area contributed by atoms with E-state index in [9.17, 15) is 114 Å². The predicted molar refractivity (Wildman–Crippen MR) is 389 cm³/mol. The van der Waals surface area contributed by atoms with E-state index >= 15 is 0 Å². The number of amides is 9. The maximum Gasteiger partial charge on any atom is 0.303 e. The maximum atomic E-state index is 14.4. The summed E-state index contributed by atoms with van der Waals surface area (Å²) in [6.45, 7) is 0.144. The van der Waals surface area contributed by atoms with Crippen LogP contribution in [0.5, 0.6) is 0 Å². The van der Waals surface area contributed by atoms with E-state index in [0.717, 1.165) is 0 Å². The fourth-order valence-corrected chi connectivity index (χ4v) is 12.1. The molecule has 4 fully saturated rings. The summed E-state index contributed by atoms with van der Waals surface area (Å²) < 4.78 is 43.8. The number of aliphatic carboxylic acids is 1. The number of hydrogen-bond acceptors (Lipinski definition) is 34. The van der Waals surface area contributed by atoms with Gasteiger partial charge in [0.25, 0.3) is 0 Å². The Balaban J connectivity index is 1.38. The number of nitrogens with zero attached hydrogens (tertiary/aromatic N) is 2. The van der Waals surface area contributed by atoms with Crippen LogP contribution in [0.1, 0.15) is 111 Å². The van der Waals surface area contributed by atoms with Crippen molar-refractivity contribution in [1.82, 2.24) is 63.0 Å². The molecule has 0 aliphatic carbocycles. The minimum Gasteiger partial charge on any atom is -0.481 e. The highest BCUT2D eigenvalue weighted by Crippen LogP contribution is 2.26. The van der Waals surface area contributed by atoms with Crippen LogP contribution in [-0.4, -0.2) is 407 Å². The van der Waals surface area contributed by atoms with Gasteiger partial charge in [-0.1, -0.05) is 12.8 Å². The van der Waals surface area contributed by atoms with Gasteiger partial charge in [-0.2, -0.15) is 0 Å². The molecule has 4 aliphatic rings. The number of carbonyl (C=O) groups excluding carboxylic acids is 9. The zero-order valence-electron chi connectivity index (χ0n) is 64.4. The summed E-state index contributed by atoms with van der Waals surface area (Å²) in [4.78, 5) is 133. The largest absolute Gasteiger partial charge is 0.481 e. The first-order valence-electron chi connectivity index (χ1n) is 38.5. The summed E-state index contributed by atoms with van der Waals surface area (Å²) in [5, 5.41) is 168. The van der Waals surface area contributed by atoms with Crippen molar-refractivity contribution >= 4 is 59.1 Å². The molecule has 0 aromatic rings. The maximum absolute atomic E-state index is 14.4. The van der Waals surface area contributed by atoms with Crippen LogP contribution in [0.25, 0.3) is 0 Å². The molecule has 113 heavy (non-hydrogen) atoms. The Hall–Kier alpha value is -6.26. The summed E-state index contributed by atoms with van der Waals surface area (Å²) in [6.07, 6.45) is -23.4. The minimum atomic E-state index is -1.68. The molecule has 4 rings (SSSR count). The number of aliphatic hydroxyl groups is 13. The molecular weight excluding hydrogens is 1510 g/mol. The van der Waals surface area contributed by atoms with E-state index in [2.05, 4.69) is 53.2 Å². The predicted octanol–water partition coefficient (Wildman–Crippen LogP) is -11.5. The number of aliphatic hydroxyl groups excluding tert-OH is 13. The van der Waals surface area contributed by atoms with Crippen LogP contribution < -0.4 is 53.2 Å². The summed E-state index contributed by atoms with van der Waals surface area (Å²) in [7, 11) is 0. The third-order valence-corrected chi connectivity index (χ3v) is 18.7. The summed E-state index contributed by atoms with van der Waals surface area (Å²) in [5.41, 5.74) is 0. The second-order valence-electron chi connectivity index (χ2n) is 28.1. The SMILES string of the molecule is C[C@@H]1O[C@@H](OCCNC(=O)CN(CC(=O)NCCO[C@@H]2O[C@@H](C)[C@@H](O)[C@@H](O)[C@@H]2O)C(CCCCNC(=O)CN(CC(=O)NCCCCCNC(=O)CNCC(=O)NCCCCCC(=O)O)CC(=O)NCCCCCC(=O)NCCO[C@@H]2O[C@@H](CO)[C@H](O)[C@@H](O)[C@H]2O)C(=O)NCCO[C@@H]2O[C@@H](C)[C@@H](O)[C@@H](O)[C@@H]2O)[C@@H](O)[C@H](O)[C@@H]1O. The minimum absolute atomic E-state index is 0.00588. The molecule has 44 heteroatoms. The third kappa shape index (κ3) is 37.7. The van der Waals surface area contributed by atoms with Crippen molar-refractivity contribution in [2.75, 3.05) is 138 Å². The third-order valence-electron chi connectivity index (χ3n) is 18.7. The van der Waals surface area contributed by atoms with Crippen molar-refractivity contribution in [1.29, 1.82) is 0 Å². The molecule has 0 saturated carbocycles. The molecule has 44 nitrogen and oxygen atoms in total. The van der Waals surface area contributed by atoms with E-state index in [1.54, 1.807) is 0 Å². The van der Waals surface area contributed by atoms with Gasteiger partial charge in [-0.3, -0.25) is 63.1 Å². The average molecular weight is 1630 g/mol. The Labute approximate surface area is 654 Å². The molecule has 0 radical (unpaired) electrons. The lowest BCUT2D eigenvalue weighted by atomic mass is 9.99. The van der Waals surface area contributed by atoms with Gasteiger partial charge >= 0.3 is 5.97 Å². The summed E-state index contributed by atoms with van der Waals surface area (Å²) in [6, 6.07) is -1.33. The van der Waals surface area contributed by atoms with Gasteiger partial charge in [-0.15, -0.1) is 0 Å². The number of hydrogen-bond donors (Lipinski definition) is 24. The van der Waals surface area contributed by atoms with E-state index in [-0.39, 0.29) is 135 Å². The van der Waals surface area contributed by atoms with Crippen LogP contribution in [0.2, 0.25) is 0 Å². The van der Waals surface area contributed by atoms with Crippen LogP contribution in [0, 0.1) is 0 Å². The van der Waals surface area contributed by atoms with Crippen molar-refractivity contribution in [2.45, 2.75) is 240 Å². The van der Waals surface area contributed by atoms with E-state index in [4.69, 9.17) is 43.0 Å². The lowest BCUT2D eigenvalue weighted by molar-refractivity contribution is -0.300. The van der Waals surface area contributed by atoms with Gasteiger partial charge < -0.3 is 157 Å². The van der Waals surface area contributed by atoms with Gasteiger partial charge in [0.15, 0.2) is 25.2 Å². The molecule has 4 saturated heterocycles. The normalized spacial score (nSPS) is 28.0. The van der Waals surface area contributed by atoms with Crippen molar-refractivity contribution < 1.29 is 157 Å². The fourth-order valence-electron chi connectivity index (χ4n) is 12.1. The van der Waals surface area contributed by atoms with E-state index in [0.29, 0.717) is 70.9 Å². The molecule has 21 atom stereocenters. The smallest absolute Gasteiger partial charge is 0.303 e. The molecule has 0 bridgehead atoms. The lowest BCUT2D eigenvalue weighted by Crippen LogP contribution is -2.59. The summed E-state index contributed by atoms with van der Waals surface area (Å²) in [5.74, 6) is -5.81. The second-order valence-corrected chi connectivity index (χ2v) is 28.1. The second kappa shape index (κ2) is 54.6. The molecule has 652 valence electrons. The van der Waals surface area contributed by atoms with E-state index < -0.39 is 210 Å². The van der Waals surface area contributed by atoms with Crippen LogP contribution in [0.3, 0.4) is 0 Å². The van der Waals surface area contributed by atoms with Crippen molar-refractivity contribution in [2.24, 2.45) is 0 Å². The molecule has 4 heterocycles. The molecule has 9 amide bonds. The number of carboxylic acids is 1. The number of rotatable bonds is 56. The molecule has 4 aliphatic heterocycles. The Morgan fingerprint density at radius 1 is 0.336 bits per heavy atom. The number of ether oxygens (including phenoxy) is 8. The Morgan fingerprint density at radius 2 is 0.646 bits per heavy atom. The van der Waals surface area contributed by atoms with Gasteiger partial charge in [0, 0.05) is 71.7 Å². The highest BCUT2D eigenvalue weighted by Gasteiger charge is 2.46. The highest BCUT2D eigenvalue weighted by molar-refractivity contribution is 5.86. The standard InChI is InChI=1S/C69H124N12O32/c1-39-53(93)57(97)61(101)66(110-39)106-28-24-77-50(89)36-81(37-51(90)78-25-29-107-67-62(102)58(98)54(94)40(2)111-67)42(65(105)79-26-30-108-68-63(103)59(99)55(95)41(3)112-68)15-9-14-22-75-49(88)35-80(34-48(87)74-21-13-6-12-19-72-46(85)32-70-31-45(84)71-18-11-5-8-17-52(91)92)33-47(86)73-20-10-4-7-16-44(83)76-23-27-109-69-64(104)60(100)56(96)43(38-82)113-69/h39-43,53-64,66-70,82,93-104H,4-38H2,1-3H3,(H,71,84)(H,72,85)(H,73,86)(H,74,87)(H,75,88)(H,76,83)(H,77,89)(H,78,90)(H,79,105)(H,91,92)/t39-,40-,41-,42?,43-,53+,54+,55+,56-,57+,58+,59+,60+,61-,62-,63-,64+,66+,67+,68+,69+/m0/s1. The summed E-state index contributed by atoms with van der Waals surface area (Å²) >= 11 is 0. The fraction of sp³-hybridized carbons (Fsp3) is 0.855. The molecule has 24 N–H and O–H groups in total. The first-order chi connectivity index (χ1) is 53.8. The van der Waals surface area contributed by atoms with Crippen LogP contribution >= 0.6 is 0 Å². The molecular formula is C69H124N12O32. The Bertz CT molecular complexity index is 2780. The lowest BCUT2D eigenvalue weighted by Gasteiger charge is -2.39. The van der Waals surface area contributed by atoms with Gasteiger partial charge in [0.1, 0.15) is 79.4 Å². The number of unbranched alkanes of at least 4 members (excludes halogenated alkanes) is 7. The van der Waals surface area contributed by atoms with Gasteiger partial charge in [0.05, 0.1) is 103 Å². The van der Waals surface area contributed by atoms with Crippen molar-refractivity contribution in [3.8, 4) is 0 Å². The molecule has 0 spiro atoms. The average Bonchev–Trinajstić information content (AvgIpc) is 0.722. The Kier molecular flexibility index (Phi) is 47.9. The van der Waals surface area contributed by atoms with Gasteiger partial charge in [0.2, 0.25) is 53.2 Å². The number of carbonyl (C=O) groups is 10. The zero-order chi connectivity index (χ0) is 83.5. The molecule has 0 aromatic heterocycles.